The minimum Gasteiger partial charge on any atom is -0.303 e. The summed E-state index contributed by atoms with van der Waals surface area (Å²) in [6, 6.07) is 5.52. The Kier molecular flexibility index (Phi) is 5.11. The van der Waals surface area contributed by atoms with E-state index in [4.69, 9.17) is 0 Å². The molecule has 1 aromatic carbocycles. The third kappa shape index (κ3) is 4.11. The summed E-state index contributed by atoms with van der Waals surface area (Å²) in [6.45, 7) is 0.826. The van der Waals surface area contributed by atoms with Gasteiger partial charge in [0.05, 0.1) is 0 Å². The Hall–Kier alpha value is -0.740. The Balaban J connectivity index is 1.87. The number of carbonyl (C=O) groups is 1. The first kappa shape index (κ1) is 14.7. The molecule has 0 saturated heterocycles. The maximum Gasteiger partial charge on any atom is 0.133 e. The zero-order valence-corrected chi connectivity index (χ0v) is 12.7. The fourth-order valence-electron chi connectivity index (χ4n) is 2.58. The monoisotopic (exact) mass is 327 g/mol. The Morgan fingerprint density at radius 2 is 2.05 bits per heavy atom. The molecule has 1 aromatic rings. The molecule has 0 heterocycles. The van der Waals surface area contributed by atoms with Gasteiger partial charge in [-0.15, -0.1) is 0 Å². The number of Topliss-reactive ketones (excluding diaryl/α,β-unsaturated/α-hetero) is 1. The van der Waals surface area contributed by atoms with Crippen LogP contribution in [-0.2, 0) is 11.2 Å². The van der Waals surface area contributed by atoms with E-state index in [1.54, 1.807) is 6.07 Å². The van der Waals surface area contributed by atoms with Crippen LogP contribution in [0.15, 0.2) is 22.7 Å². The number of hydrogen-bond donors (Lipinski definition) is 0. The molecule has 0 N–H and O–H groups in total. The summed E-state index contributed by atoms with van der Waals surface area (Å²) >= 11 is 3.37. The molecule has 1 saturated carbocycles. The van der Waals surface area contributed by atoms with Crippen LogP contribution in [0, 0.1) is 5.82 Å². The van der Waals surface area contributed by atoms with Crippen LogP contribution in [0.3, 0.4) is 0 Å². The highest BCUT2D eigenvalue weighted by Gasteiger charge is 2.21. The average Bonchev–Trinajstić information content (AvgIpc) is 2.40. The zero-order chi connectivity index (χ0) is 13.8. The predicted molar refractivity (Wildman–Crippen MR) is 77.7 cm³/mol. The molecule has 2 rings (SSSR count). The lowest BCUT2D eigenvalue weighted by Gasteiger charge is -2.30. The van der Waals surface area contributed by atoms with Crippen LogP contribution in [0.5, 0.6) is 0 Å². The molecule has 1 aliphatic carbocycles. The lowest BCUT2D eigenvalue weighted by atomic mass is 9.93. The van der Waals surface area contributed by atoms with E-state index >= 15 is 0 Å². The van der Waals surface area contributed by atoms with Crippen LogP contribution >= 0.6 is 15.9 Å². The van der Waals surface area contributed by atoms with Gasteiger partial charge < -0.3 is 4.90 Å². The second-order valence-electron chi connectivity index (χ2n) is 5.24. The number of benzene rings is 1. The van der Waals surface area contributed by atoms with E-state index in [9.17, 15) is 9.18 Å². The summed E-state index contributed by atoms with van der Waals surface area (Å²) in [5.41, 5.74) is 0.744. The van der Waals surface area contributed by atoms with E-state index in [0.29, 0.717) is 31.1 Å². The molecule has 19 heavy (non-hydrogen) atoms. The number of likely N-dealkylation sites (N-methyl/N-ethyl adjacent to an activating group) is 1. The number of rotatable bonds is 4. The van der Waals surface area contributed by atoms with Crippen molar-refractivity contribution in [1.82, 2.24) is 4.90 Å². The normalized spacial score (nSPS) is 17.2. The van der Waals surface area contributed by atoms with E-state index in [1.807, 2.05) is 6.07 Å². The predicted octanol–water partition coefficient (Wildman–Crippen LogP) is 3.57. The summed E-state index contributed by atoms with van der Waals surface area (Å²) in [5.74, 6) is 0.234. The maximum absolute atomic E-state index is 13.6. The summed E-state index contributed by atoms with van der Waals surface area (Å²) in [4.78, 5) is 13.5. The maximum atomic E-state index is 13.6. The third-order valence-corrected chi connectivity index (χ3v) is 4.37. The van der Waals surface area contributed by atoms with Gasteiger partial charge in [-0.3, -0.25) is 4.79 Å². The van der Waals surface area contributed by atoms with Gasteiger partial charge >= 0.3 is 0 Å². The molecule has 2 nitrogen and oxygen atoms in total. The third-order valence-electron chi connectivity index (χ3n) is 3.88. The molecule has 0 bridgehead atoms. The van der Waals surface area contributed by atoms with Crippen molar-refractivity contribution >= 4 is 21.7 Å². The van der Waals surface area contributed by atoms with Crippen molar-refractivity contribution in [3.63, 3.8) is 0 Å². The van der Waals surface area contributed by atoms with E-state index in [0.717, 1.165) is 29.4 Å². The van der Waals surface area contributed by atoms with Gasteiger partial charge in [0.15, 0.2) is 0 Å². The summed E-state index contributed by atoms with van der Waals surface area (Å²) < 4.78 is 14.5. The first-order valence-corrected chi connectivity index (χ1v) is 7.51. The molecule has 0 radical (unpaired) electrons. The standard InChI is InChI=1S/C15H19BrFNO/c1-18(13-3-5-14(19)6-4-13)9-8-11-10-12(16)2-7-15(11)17/h2,7,10,13H,3-6,8-9H2,1H3. The van der Waals surface area contributed by atoms with E-state index < -0.39 is 0 Å². The summed E-state index contributed by atoms with van der Waals surface area (Å²) in [6.07, 6.45) is 3.97. The average molecular weight is 328 g/mol. The van der Waals surface area contributed by atoms with Gasteiger partial charge in [-0.2, -0.15) is 0 Å². The highest BCUT2D eigenvalue weighted by Crippen LogP contribution is 2.21. The van der Waals surface area contributed by atoms with E-state index in [2.05, 4.69) is 27.9 Å². The van der Waals surface area contributed by atoms with Crippen molar-refractivity contribution in [2.75, 3.05) is 13.6 Å². The molecule has 1 aliphatic rings. The number of nitrogens with zero attached hydrogens (tertiary/aromatic N) is 1. The number of hydrogen-bond acceptors (Lipinski definition) is 2. The van der Waals surface area contributed by atoms with Crippen LogP contribution in [0.2, 0.25) is 0 Å². The lowest BCUT2D eigenvalue weighted by Crippen LogP contribution is -2.36. The molecule has 104 valence electrons. The molecular formula is C15H19BrFNO. The molecule has 1 fully saturated rings. The number of ketones is 1. The summed E-state index contributed by atoms with van der Waals surface area (Å²) in [5, 5.41) is 0. The van der Waals surface area contributed by atoms with Gasteiger partial charge in [0.25, 0.3) is 0 Å². The zero-order valence-electron chi connectivity index (χ0n) is 11.2. The number of halogens is 2. The van der Waals surface area contributed by atoms with Gasteiger partial charge in [-0.25, -0.2) is 4.39 Å². The fourth-order valence-corrected chi connectivity index (χ4v) is 2.99. The van der Waals surface area contributed by atoms with Crippen LogP contribution in [0.1, 0.15) is 31.2 Å². The first-order valence-electron chi connectivity index (χ1n) is 6.72. The fraction of sp³-hybridized carbons (Fsp3) is 0.533. The van der Waals surface area contributed by atoms with Crippen LogP contribution in [0.4, 0.5) is 4.39 Å². The number of carbonyl (C=O) groups excluding carboxylic acids is 1. The lowest BCUT2D eigenvalue weighted by molar-refractivity contribution is -0.121. The topological polar surface area (TPSA) is 20.3 Å². The van der Waals surface area contributed by atoms with Crippen LogP contribution in [-0.4, -0.2) is 30.3 Å². The summed E-state index contributed by atoms with van der Waals surface area (Å²) in [7, 11) is 2.07. The van der Waals surface area contributed by atoms with Gasteiger partial charge in [-0.05, 0) is 50.1 Å². The molecule has 0 amide bonds. The first-order chi connectivity index (χ1) is 9.06. The van der Waals surface area contributed by atoms with Gasteiger partial charge in [0, 0.05) is 29.9 Å². The second-order valence-corrected chi connectivity index (χ2v) is 6.15. The minimum atomic E-state index is -0.143. The Bertz CT molecular complexity index is 453. The van der Waals surface area contributed by atoms with Gasteiger partial charge in [-0.1, -0.05) is 15.9 Å². The second kappa shape index (κ2) is 6.62. The van der Waals surface area contributed by atoms with Crippen molar-refractivity contribution in [2.24, 2.45) is 0 Å². The quantitative estimate of drug-likeness (QED) is 0.842. The van der Waals surface area contributed by atoms with Crippen molar-refractivity contribution in [1.29, 1.82) is 0 Å². The molecule has 4 heteroatoms. The van der Waals surface area contributed by atoms with Crippen molar-refractivity contribution < 1.29 is 9.18 Å². The van der Waals surface area contributed by atoms with E-state index in [1.165, 1.54) is 6.07 Å². The molecule has 0 spiro atoms. The molecular weight excluding hydrogens is 309 g/mol. The molecule has 0 aromatic heterocycles. The largest absolute Gasteiger partial charge is 0.303 e. The smallest absolute Gasteiger partial charge is 0.133 e. The van der Waals surface area contributed by atoms with Gasteiger partial charge in [0.1, 0.15) is 11.6 Å². The van der Waals surface area contributed by atoms with Crippen molar-refractivity contribution in [2.45, 2.75) is 38.1 Å². The van der Waals surface area contributed by atoms with Crippen LogP contribution < -0.4 is 0 Å². The van der Waals surface area contributed by atoms with Crippen molar-refractivity contribution in [3.05, 3.63) is 34.1 Å². The Morgan fingerprint density at radius 1 is 1.37 bits per heavy atom. The SMILES string of the molecule is CN(CCc1cc(Br)ccc1F)C1CCC(=O)CC1. The van der Waals surface area contributed by atoms with Crippen molar-refractivity contribution in [3.8, 4) is 0 Å². The minimum absolute atomic E-state index is 0.143. The Labute approximate surface area is 122 Å². The van der Waals surface area contributed by atoms with E-state index in [-0.39, 0.29) is 5.82 Å². The van der Waals surface area contributed by atoms with Gasteiger partial charge in [0.2, 0.25) is 0 Å². The van der Waals surface area contributed by atoms with Crippen LogP contribution in [0.25, 0.3) is 0 Å². The molecule has 0 unspecified atom stereocenters. The Morgan fingerprint density at radius 3 is 2.74 bits per heavy atom. The highest BCUT2D eigenvalue weighted by atomic mass is 79.9. The molecule has 0 atom stereocenters. The highest BCUT2D eigenvalue weighted by molar-refractivity contribution is 9.10. The molecule has 0 aliphatic heterocycles.